The molecule has 0 spiro atoms. The van der Waals surface area contributed by atoms with Gasteiger partial charge in [-0.3, -0.25) is 0 Å². The molecular weight excluding hydrogens is 200 g/mol. The third-order valence-electron chi connectivity index (χ3n) is 2.72. The van der Waals surface area contributed by atoms with E-state index < -0.39 is 5.60 Å². The van der Waals surface area contributed by atoms with Gasteiger partial charge in [0.1, 0.15) is 5.60 Å². The minimum Gasteiger partial charge on any atom is -0.383 e. The van der Waals surface area contributed by atoms with Crippen LogP contribution in [0.4, 0.5) is 0 Å². The summed E-state index contributed by atoms with van der Waals surface area (Å²) in [6.07, 6.45) is 2.00. The summed E-state index contributed by atoms with van der Waals surface area (Å²) in [5, 5.41) is 10.3. The third-order valence-corrected chi connectivity index (χ3v) is 2.72. The van der Waals surface area contributed by atoms with Crippen molar-refractivity contribution in [3.05, 3.63) is 35.4 Å². The van der Waals surface area contributed by atoms with E-state index >= 15 is 0 Å². The molecular formula is C14H22O2. The maximum Gasteiger partial charge on any atom is 0.110 e. The number of aliphatic hydroxyl groups is 1. The maximum absolute atomic E-state index is 10.3. The van der Waals surface area contributed by atoms with Crippen molar-refractivity contribution in [2.45, 2.75) is 39.2 Å². The standard InChI is InChI=1S/C14H22O2/c1-4-10-16-11-14(3,15)13-8-6-12(5-2)7-9-13/h6-9,15H,4-5,10-11H2,1-3H3. The lowest BCUT2D eigenvalue weighted by atomic mass is 9.95. The molecule has 0 saturated carbocycles. The first-order valence-corrected chi connectivity index (χ1v) is 5.99. The summed E-state index contributed by atoms with van der Waals surface area (Å²) in [6.45, 7) is 7.03. The Morgan fingerprint density at radius 2 is 1.81 bits per heavy atom. The molecule has 0 radical (unpaired) electrons. The van der Waals surface area contributed by atoms with Crippen molar-refractivity contribution in [3.8, 4) is 0 Å². The number of hydrogen-bond acceptors (Lipinski definition) is 2. The molecule has 0 fully saturated rings. The second-order valence-corrected chi connectivity index (χ2v) is 4.38. The first kappa shape index (κ1) is 13.2. The minimum absolute atomic E-state index is 0.353. The van der Waals surface area contributed by atoms with Crippen LogP contribution in [0, 0.1) is 0 Å². The highest BCUT2D eigenvalue weighted by molar-refractivity contribution is 5.26. The second kappa shape index (κ2) is 6.02. The molecule has 0 aliphatic carbocycles. The van der Waals surface area contributed by atoms with E-state index in [1.54, 1.807) is 6.92 Å². The molecule has 0 aliphatic heterocycles. The Bertz CT molecular complexity index is 301. The molecule has 0 aliphatic rings. The van der Waals surface area contributed by atoms with Crippen LogP contribution in [0.3, 0.4) is 0 Å². The summed E-state index contributed by atoms with van der Waals surface area (Å²) in [5.41, 5.74) is 1.32. The third kappa shape index (κ3) is 3.62. The molecule has 2 nitrogen and oxygen atoms in total. The van der Waals surface area contributed by atoms with E-state index in [-0.39, 0.29) is 0 Å². The van der Waals surface area contributed by atoms with Gasteiger partial charge in [0.05, 0.1) is 6.61 Å². The fourth-order valence-corrected chi connectivity index (χ4v) is 1.60. The number of benzene rings is 1. The zero-order valence-corrected chi connectivity index (χ0v) is 10.5. The van der Waals surface area contributed by atoms with Crippen LogP contribution in [-0.2, 0) is 16.8 Å². The van der Waals surface area contributed by atoms with Gasteiger partial charge in [-0.2, -0.15) is 0 Å². The van der Waals surface area contributed by atoms with E-state index in [9.17, 15) is 5.11 Å². The van der Waals surface area contributed by atoms with Crippen molar-refractivity contribution < 1.29 is 9.84 Å². The van der Waals surface area contributed by atoms with Gasteiger partial charge in [-0.05, 0) is 30.9 Å². The lowest BCUT2D eigenvalue weighted by Crippen LogP contribution is -2.28. The lowest BCUT2D eigenvalue weighted by molar-refractivity contribution is -0.0375. The monoisotopic (exact) mass is 222 g/mol. The molecule has 0 bridgehead atoms. The highest BCUT2D eigenvalue weighted by atomic mass is 16.5. The van der Waals surface area contributed by atoms with Crippen LogP contribution >= 0.6 is 0 Å². The number of ether oxygens (including phenoxy) is 1. The van der Waals surface area contributed by atoms with Gasteiger partial charge in [-0.15, -0.1) is 0 Å². The van der Waals surface area contributed by atoms with Gasteiger partial charge >= 0.3 is 0 Å². The first-order chi connectivity index (χ1) is 7.60. The molecule has 1 atom stereocenters. The Morgan fingerprint density at radius 1 is 1.19 bits per heavy atom. The Hall–Kier alpha value is -0.860. The molecule has 1 unspecified atom stereocenters. The van der Waals surface area contributed by atoms with Crippen LogP contribution < -0.4 is 0 Å². The first-order valence-electron chi connectivity index (χ1n) is 5.99. The van der Waals surface area contributed by atoms with Gasteiger partial charge in [-0.25, -0.2) is 0 Å². The Labute approximate surface area is 98.3 Å². The summed E-state index contributed by atoms with van der Waals surface area (Å²) in [4.78, 5) is 0. The Kier molecular flexibility index (Phi) is 4.97. The van der Waals surface area contributed by atoms with E-state index in [0.29, 0.717) is 13.2 Å². The second-order valence-electron chi connectivity index (χ2n) is 4.38. The molecule has 2 heteroatoms. The summed E-state index contributed by atoms with van der Waals surface area (Å²) >= 11 is 0. The van der Waals surface area contributed by atoms with Crippen molar-refractivity contribution in [3.63, 3.8) is 0 Å². The molecule has 1 rings (SSSR count). The molecule has 90 valence electrons. The smallest absolute Gasteiger partial charge is 0.110 e. The van der Waals surface area contributed by atoms with E-state index in [1.165, 1.54) is 5.56 Å². The Balaban J connectivity index is 2.65. The average molecular weight is 222 g/mol. The van der Waals surface area contributed by atoms with Crippen LogP contribution in [0.2, 0.25) is 0 Å². The normalized spacial score (nSPS) is 14.8. The molecule has 16 heavy (non-hydrogen) atoms. The fourth-order valence-electron chi connectivity index (χ4n) is 1.60. The zero-order chi connectivity index (χ0) is 12.0. The van der Waals surface area contributed by atoms with Gasteiger partial charge in [0.25, 0.3) is 0 Å². The van der Waals surface area contributed by atoms with Crippen molar-refractivity contribution in [2.24, 2.45) is 0 Å². The van der Waals surface area contributed by atoms with Gasteiger partial charge in [0.15, 0.2) is 0 Å². The predicted octanol–water partition coefficient (Wildman–Crippen LogP) is 2.88. The molecule has 1 aromatic rings. The molecule has 0 amide bonds. The average Bonchev–Trinajstić information content (AvgIpc) is 2.29. The van der Waals surface area contributed by atoms with Crippen LogP contribution in [0.1, 0.15) is 38.3 Å². The van der Waals surface area contributed by atoms with Crippen LogP contribution in [0.25, 0.3) is 0 Å². The van der Waals surface area contributed by atoms with Crippen molar-refractivity contribution in [2.75, 3.05) is 13.2 Å². The van der Waals surface area contributed by atoms with E-state index in [0.717, 1.165) is 18.4 Å². The number of aryl methyl sites for hydroxylation is 1. The number of rotatable bonds is 6. The van der Waals surface area contributed by atoms with Crippen LogP contribution in [-0.4, -0.2) is 18.3 Å². The summed E-state index contributed by atoms with van der Waals surface area (Å²) in [5.74, 6) is 0. The number of hydrogen-bond donors (Lipinski definition) is 1. The fraction of sp³-hybridized carbons (Fsp3) is 0.571. The van der Waals surface area contributed by atoms with Crippen molar-refractivity contribution in [1.29, 1.82) is 0 Å². The van der Waals surface area contributed by atoms with Crippen LogP contribution in [0.5, 0.6) is 0 Å². The Morgan fingerprint density at radius 3 is 2.31 bits per heavy atom. The quantitative estimate of drug-likeness (QED) is 0.750. The van der Waals surface area contributed by atoms with E-state index in [4.69, 9.17) is 4.74 Å². The zero-order valence-electron chi connectivity index (χ0n) is 10.5. The predicted molar refractivity (Wildman–Crippen MR) is 66.5 cm³/mol. The largest absolute Gasteiger partial charge is 0.383 e. The molecule has 1 N–H and O–H groups in total. The van der Waals surface area contributed by atoms with Crippen molar-refractivity contribution in [1.82, 2.24) is 0 Å². The lowest BCUT2D eigenvalue weighted by Gasteiger charge is -2.23. The van der Waals surface area contributed by atoms with E-state index in [1.807, 2.05) is 12.1 Å². The minimum atomic E-state index is -0.887. The van der Waals surface area contributed by atoms with Gasteiger partial charge < -0.3 is 9.84 Å². The topological polar surface area (TPSA) is 29.5 Å². The molecule has 1 aromatic carbocycles. The van der Waals surface area contributed by atoms with Gasteiger partial charge in [0, 0.05) is 6.61 Å². The summed E-state index contributed by atoms with van der Waals surface area (Å²) in [6, 6.07) is 8.08. The molecule has 0 saturated heterocycles. The SMILES string of the molecule is CCCOCC(C)(O)c1ccc(CC)cc1. The van der Waals surface area contributed by atoms with Gasteiger partial charge in [0.2, 0.25) is 0 Å². The molecule has 0 heterocycles. The van der Waals surface area contributed by atoms with Crippen molar-refractivity contribution >= 4 is 0 Å². The summed E-state index contributed by atoms with van der Waals surface area (Å²) < 4.78 is 5.41. The summed E-state index contributed by atoms with van der Waals surface area (Å²) in [7, 11) is 0. The highest BCUT2D eigenvalue weighted by Gasteiger charge is 2.22. The maximum atomic E-state index is 10.3. The van der Waals surface area contributed by atoms with Gasteiger partial charge in [-0.1, -0.05) is 38.1 Å². The molecule has 0 aromatic heterocycles. The van der Waals surface area contributed by atoms with Crippen LogP contribution in [0.15, 0.2) is 24.3 Å². The van der Waals surface area contributed by atoms with E-state index in [2.05, 4.69) is 26.0 Å². The highest BCUT2D eigenvalue weighted by Crippen LogP contribution is 2.21.